The zero-order valence-electron chi connectivity index (χ0n) is 18.7. The molecule has 3 rings (SSSR count). The van der Waals surface area contributed by atoms with Crippen LogP contribution < -0.4 is 0 Å². The second-order valence-corrected chi connectivity index (χ2v) is 7.91. The van der Waals surface area contributed by atoms with Gasteiger partial charge in [0, 0.05) is 27.7 Å². The fourth-order valence-corrected chi connectivity index (χ4v) is 4.03. The third-order valence-corrected chi connectivity index (χ3v) is 5.24. The number of fused-ring (bicyclic) bond motifs is 1. The summed E-state index contributed by atoms with van der Waals surface area (Å²) >= 11 is 0. The molecule has 3 saturated heterocycles. The lowest BCUT2D eigenvalue weighted by molar-refractivity contribution is -0.320. The summed E-state index contributed by atoms with van der Waals surface area (Å²) in [5, 5.41) is 9.96. The molecule has 0 aromatic heterocycles. The predicted octanol–water partition coefficient (Wildman–Crippen LogP) is -1.39. The van der Waals surface area contributed by atoms with Crippen LogP contribution >= 0.6 is 0 Å². The van der Waals surface area contributed by atoms with Crippen molar-refractivity contribution in [1.82, 2.24) is 0 Å². The van der Waals surface area contributed by atoms with Crippen molar-refractivity contribution in [2.75, 3.05) is 19.8 Å². The van der Waals surface area contributed by atoms with Crippen LogP contribution in [0, 0.1) is 0 Å². The number of rotatable bonds is 7. The topological polar surface area (TPSA) is 162 Å². The molecule has 3 aliphatic rings. The Balaban J connectivity index is 1.89. The van der Waals surface area contributed by atoms with Gasteiger partial charge in [0.05, 0.1) is 13.2 Å². The highest BCUT2D eigenvalue weighted by molar-refractivity contribution is 5.68. The maximum absolute atomic E-state index is 11.8. The van der Waals surface area contributed by atoms with Crippen LogP contribution in [-0.2, 0) is 57.1 Å². The van der Waals surface area contributed by atoms with Crippen molar-refractivity contribution in [3.8, 4) is 0 Å². The minimum absolute atomic E-state index is 0.0548. The highest BCUT2D eigenvalue weighted by Gasteiger charge is 2.55. The van der Waals surface area contributed by atoms with Crippen molar-refractivity contribution in [2.45, 2.75) is 82.8 Å². The zero-order valence-corrected chi connectivity index (χ0v) is 18.7. The van der Waals surface area contributed by atoms with Gasteiger partial charge in [-0.15, -0.1) is 0 Å². The number of esters is 4. The van der Waals surface area contributed by atoms with E-state index < -0.39 is 79.0 Å². The molecule has 33 heavy (non-hydrogen) atoms. The van der Waals surface area contributed by atoms with E-state index in [4.69, 9.17) is 37.9 Å². The summed E-state index contributed by atoms with van der Waals surface area (Å²) in [6.07, 6.45) is -9.13. The Kier molecular flexibility index (Phi) is 8.23. The third kappa shape index (κ3) is 6.18. The molecule has 0 aromatic carbocycles. The molecular formula is C20H28O13. The number of carbonyl (C=O) groups is 4. The molecule has 0 saturated carbocycles. The van der Waals surface area contributed by atoms with Crippen molar-refractivity contribution in [3.63, 3.8) is 0 Å². The Bertz CT molecular complexity index is 754. The molecule has 3 heterocycles. The standard InChI is InChI=1S/C20H28O13/c1-8(21)26-6-14-17(29-9(2)22)18(30-10(3)23)19(31-11(4)24)20(33-14)32-13-7-28-15-12(25)5-27-16(13)15/h12-20,25H,5-7H2,1-4H3/t12-,13+,14-,15-,16-,17-,18+,19-,20-/m1/s1. The van der Waals surface area contributed by atoms with E-state index in [0.29, 0.717) is 0 Å². The first kappa shape index (κ1) is 25.3. The minimum atomic E-state index is -1.34. The lowest BCUT2D eigenvalue weighted by Gasteiger charge is -2.44. The Morgan fingerprint density at radius 2 is 1.36 bits per heavy atom. The van der Waals surface area contributed by atoms with Crippen molar-refractivity contribution < 1.29 is 62.2 Å². The molecule has 3 aliphatic heterocycles. The van der Waals surface area contributed by atoms with Gasteiger partial charge < -0.3 is 43.0 Å². The van der Waals surface area contributed by atoms with E-state index >= 15 is 0 Å². The molecule has 0 radical (unpaired) electrons. The summed E-state index contributed by atoms with van der Waals surface area (Å²) in [6, 6.07) is 0. The van der Waals surface area contributed by atoms with Crippen LogP contribution in [-0.4, -0.2) is 104 Å². The molecule has 13 heteroatoms. The molecule has 1 N–H and O–H groups in total. The summed E-state index contributed by atoms with van der Waals surface area (Å²) in [6.45, 7) is 4.34. The smallest absolute Gasteiger partial charge is 0.303 e. The Hall–Kier alpha value is -2.32. The van der Waals surface area contributed by atoms with Gasteiger partial charge in [-0.05, 0) is 0 Å². The number of aliphatic hydroxyl groups is 1. The Morgan fingerprint density at radius 1 is 0.788 bits per heavy atom. The molecule has 9 atom stereocenters. The normalized spacial score (nSPS) is 37.7. The Labute approximate surface area is 189 Å². The second kappa shape index (κ2) is 10.7. The van der Waals surface area contributed by atoms with Gasteiger partial charge in [0.2, 0.25) is 0 Å². The van der Waals surface area contributed by atoms with E-state index in [0.717, 1.165) is 20.8 Å². The number of hydrogen-bond donors (Lipinski definition) is 1. The van der Waals surface area contributed by atoms with Gasteiger partial charge in [-0.2, -0.15) is 0 Å². The quantitative estimate of drug-likeness (QED) is 0.338. The maximum Gasteiger partial charge on any atom is 0.303 e. The molecule has 0 spiro atoms. The minimum Gasteiger partial charge on any atom is -0.463 e. The molecule has 0 unspecified atom stereocenters. The fourth-order valence-electron chi connectivity index (χ4n) is 4.03. The van der Waals surface area contributed by atoms with Crippen molar-refractivity contribution in [2.24, 2.45) is 0 Å². The predicted molar refractivity (Wildman–Crippen MR) is 102 cm³/mol. The SMILES string of the molecule is CC(=O)OC[C@H]1O[C@@H](O[C@H]2CO[C@H]3[C@@H]2OC[C@H]3O)[C@H](OC(C)=O)[C@@H](OC(C)=O)[C@@H]1OC(C)=O. The van der Waals surface area contributed by atoms with E-state index in [1.54, 1.807) is 0 Å². The molecule has 3 fully saturated rings. The largest absolute Gasteiger partial charge is 0.463 e. The van der Waals surface area contributed by atoms with Crippen LogP contribution in [0.1, 0.15) is 27.7 Å². The zero-order chi connectivity index (χ0) is 24.3. The van der Waals surface area contributed by atoms with E-state index in [2.05, 4.69) is 0 Å². The van der Waals surface area contributed by atoms with E-state index in [1.165, 1.54) is 6.92 Å². The first-order valence-corrected chi connectivity index (χ1v) is 10.4. The van der Waals surface area contributed by atoms with Crippen LogP contribution in [0.5, 0.6) is 0 Å². The summed E-state index contributed by atoms with van der Waals surface area (Å²) in [5.74, 6) is -2.82. The lowest BCUT2D eigenvalue weighted by atomic mass is 9.98. The summed E-state index contributed by atoms with van der Waals surface area (Å²) in [5.41, 5.74) is 0. The van der Waals surface area contributed by atoms with Gasteiger partial charge >= 0.3 is 23.9 Å². The molecule has 186 valence electrons. The number of hydrogen-bond acceptors (Lipinski definition) is 13. The first-order valence-electron chi connectivity index (χ1n) is 10.4. The molecule has 0 bridgehead atoms. The van der Waals surface area contributed by atoms with Crippen LogP contribution in [0.25, 0.3) is 0 Å². The summed E-state index contributed by atoms with van der Waals surface area (Å²) < 4.78 is 44.0. The van der Waals surface area contributed by atoms with Crippen molar-refractivity contribution in [1.29, 1.82) is 0 Å². The van der Waals surface area contributed by atoms with Crippen molar-refractivity contribution >= 4 is 23.9 Å². The van der Waals surface area contributed by atoms with Gasteiger partial charge in [0.15, 0.2) is 24.6 Å². The monoisotopic (exact) mass is 476 g/mol. The van der Waals surface area contributed by atoms with Gasteiger partial charge in [-0.1, -0.05) is 0 Å². The highest BCUT2D eigenvalue weighted by atomic mass is 16.8. The molecule has 0 amide bonds. The number of aliphatic hydroxyl groups excluding tert-OH is 1. The third-order valence-electron chi connectivity index (χ3n) is 5.24. The molecule has 0 aromatic rings. The average molecular weight is 476 g/mol. The molecule has 13 nitrogen and oxygen atoms in total. The van der Waals surface area contributed by atoms with Crippen LogP contribution in [0.4, 0.5) is 0 Å². The van der Waals surface area contributed by atoms with Crippen LogP contribution in [0.2, 0.25) is 0 Å². The summed E-state index contributed by atoms with van der Waals surface area (Å²) in [4.78, 5) is 46.8. The highest BCUT2D eigenvalue weighted by Crippen LogP contribution is 2.34. The van der Waals surface area contributed by atoms with E-state index in [9.17, 15) is 24.3 Å². The molecule has 0 aliphatic carbocycles. The van der Waals surface area contributed by atoms with Gasteiger partial charge in [-0.3, -0.25) is 19.2 Å². The number of ether oxygens (including phenoxy) is 8. The molecular weight excluding hydrogens is 448 g/mol. The second-order valence-electron chi connectivity index (χ2n) is 7.91. The maximum atomic E-state index is 11.8. The van der Waals surface area contributed by atoms with Crippen LogP contribution in [0.15, 0.2) is 0 Å². The fraction of sp³-hybridized carbons (Fsp3) is 0.800. The van der Waals surface area contributed by atoms with E-state index in [-0.39, 0.29) is 19.8 Å². The van der Waals surface area contributed by atoms with Gasteiger partial charge in [0.25, 0.3) is 0 Å². The lowest BCUT2D eigenvalue weighted by Crippen LogP contribution is -2.63. The van der Waals surface area contributed by atoms with Crippen molar-refractivity contribution in [3.05, 3.63) is 0 Å². The van der Waals surface area contributed by atoms with E-state index in [1.807, 2.05) is 0 Å². The summed E-state index contributed by atoms with van der Waals surface area (Å²) in [7, 11) is 0. The van der Waals surface area contributed by atoms with Crippen LogP contribution in [0.3, 0.4) is 0 Å². The average Bonchev–Trinajstić information content (AvgIpc) is 3.27. The Morgan fingerprint density at radius 3 is 1.97 bits per heavy atom. The first-order chi connectivity index (χ1) is 15.6. The van der Waals surface area contributed by atoms with Gasteiger partial charge in [-0.25, -0.2) is 0 Å². The van der Waals surface area contributed by atoms with Gasteiger partial charge in [0.1, 0.15) is 37.1 Å². The number of carbonyl (C=O) groups excluding carboxylic acids is 4.